The van der Waals surface area contributed by atoms with Gasteiger partial charge >= 0.3 is 0 Å². The lowest BCUT2D eigenvalue weighted by atomic mass is 9.46. The van der Waals surface area contributed by atoms with Gasteiger partial charge in [-0.1, -0.05) is 13.8 Å². The lowest BCUT2D eigenvalue weighted by Gasteiger charge is -2.61. The van der Waals surface area contributed by atoms with Crippen LogP contribution in [0.2, 0.25) is 0 Å². The number of rotatable bonds is 1. The zero-order valence-corrected chi connectivity index (χ0v) is 12.2. The minimum absolute atomic E-state index is 0.583. The molecule has 0 amide bonds. The fourth-order valence-electron chi connectivity index (χ4n) is 6.35. The summed E-state index contributed by atoms with van der Waals surface area (Å²) >= 11 is 0. The molecule has 1 atom stereocenters. The molecule has 1 saturated heterocycles. The summed E-state index contributed by atoms with van der Waals surface area (Å²) in [7, 11) is 0. The van der Waals surface area contributed by atoms with Crippen molar-refractivity contribution in [3.8, 4) is 0 Å². The van der Waals surface area contributed by atoms with Gasteiger partial charge in [-0.2, -0.15) is 0 Å². The second-order valence-electron chi connectivity index (χ2n) is 8.90. The highest BCUT2D eigenvalue weighted by Crippen LogP contribution is 2.62. The molecule has 5 aliphatic rings. The molecule has 1 nitrogen and oxygen atoms in total. The first-order valence-electron chi connectivity index (χ1n) is 8.28. The molecule has 1 heterocycles. The Labute approximate surface area is 112 Å². The first kappa shape index (κ1) is 11.8. The van der Waals surface area contributed by atoms with E-state index >= 15 is 0 Å². The summed E-state index contributed by atoms with van der Waals surface area (Å²) < 4.78 is 0. The van der Waals surface area contributed by atoms with Gasteiger partial charge in [0.2, 0.25) is 0 Å². The highest BCUT2D eigenvalue weighted by Gasteiger charge is 2.55. The van der Waals surface area contributed by atoms with Crippen molar-refractivity contribution in [2.45, 2.75) is 71.3 Å². The van der Waals surface area contributed by atoms with Crippen molar-refractivity contribution in [3.63, 3.8) is 0 Å². The summed E-state index contributed by atoms with van der Waals surface area (Å²) in [5.41, 5.74) is 1.30. The fourth-order valence-corrected chi connectivity index (χ4v) is 6.35. The van der Waals surface area contributed by atoms with E-state index in [0.29, 0.717) is 10.8 Å². The van der Waals surface area contributed by atoms with E-state index in [4.69, 9.17) is 0 Å². The molecule has 1 heteroatoms. The zero-order valence-electron chi connectivity index (χ0n) is 12.2. The zero-order chi connectivity index (χ0) is 12.4. The molecule has 4 saturated carbocycles. The molecule has 0 aromatic rings. The molecule has 1 aliphatic heterocycles. The van der Waals surface area contributed by atoms with E-state index in [1.807, 2.05) is 0 Å². The lowest BCUT2D eigenvalue weighted by Crippen LogP contribution is -2.58. The van der Waals surface area contributed by atoms with Crippen LogP contribution in [0, 0.1) is 28.6 Å². The van der Waals surface area contributed by atoms with E-state index < -0.39 is 0 Å². The van der Waals surface area contributed by atoms with E-state index in [-0.39, 0.29) is 0 Å². The Balaban J connectivity index is 1.59. The van der Waals surface area contributed by atoms with Gasteiger partial charge in [-0.15, -0.1) is 0 Å². The summed E-state index contributed by atoms with van der Waals surface area (Å²) in [5, 5.41) is 3.93. The Morgan fingerprint density at radius 2 is 1.39 bits per heavy atom. The van der Waals surface area contributed by atoms with Crippen molar-refractivity contribution in [2.24, 2.45) is 28.6 Å². The van der Waals surface area contributed by atoms with Crippen molar-refractivity contribution in [1.29, 1.82) is 0 Å². The Morgan fingerprint density at radius 3 is 1.89 bits per heavy atom. The molecule has 0 aromatic carbocycles. The number of hydrogen-bond donors (Lipinski definition) is 1. The molecule has 4 aliphatic carbocycles. The van der Waals surface area contributed by atoms with Crippen LogP contribution in [0.4, 0.5) is 0 Å². The monoisotopic (exact) mass is 247 g/mol. The van der Waals surface area contributed by atoms with Crippen LogP contribution in [0.1, 0.15) is 65.2 Å². The molecule has 0 radical (unpaired) electrons. The molecule has 18 heavy (non-hydrogen) atoms. The van der Waals surface area contributed by atoms with Gasteiger partial charge in [-0.25, -0.2) is 0 Å². The van der Waals surface area contributed by atoms with Crippen molar-refractivity contribution in [3.05, 3.63) is 0 Å². The van der Waals surface area contributed by atoms with Crippen LogP contribution in [0.5, 0.6) is 0 Å². The van der Waals surface area contributed by atoms with Crippen molar-refractivity contribution < 1.29 is 0 Å². The SMILES string of the molecule is CC1(C)CCNC(C23CC4CC(CC(C4)C2)C3)C1. The Bertz CT molecular complexity index is 308. The van der Waals surface area contributed by atoms with Crippen LogP contribution in [-0.2, 0) is 0 Å². The van der Waals surface area contributed by atoms with Gasteiger partial charge < -0.3 is 5.32 Å². The van der Waals surface area contributed by atoms with Gasteiger partial charge in [-0.05, 0) is 86.5 Å². The summed E-state index contributed by atoms with van der Waals surface area (Å²) in [5.74, 6) is 3.30. The Hall–Kier alpha value is -0.0400. The standard InChI is InChI=1S/C17H29N/c1-16(2)3-4-18-15(11-16)17-8-12-5-13(9-17)7-14(6-12)10-17/h12-15,18H,3-11H2,1-2H3. The first-order chi connectivity index (χ1) is 8.55. The van der Waals surface area contributed by atoms with E-state index in [2.05, 4.69) is 19.2 Å². The summed E-state index contributed by atoms with van der Waals surface area (Å²) in [6, 6.07) is 0.842. The minimum Gasteiger partial charge on any atom is -0.313 e. The van der Waals surface area contributed by atoms with Crippen LogP contribution < -0.4 is 5.32 Å². The van der Waals surface area contributed by atoms with Crippen molar-refractivity contribution >= 4 is 0 Å². The molecular formula is C17H29N. The van der Waals surface area contributed by atoms with Crippen LogP contribution >= 0.6 is 0 Å². The van der Waals surface area contributed by atoms with E-state index in [0.717, 1.165) is 23.8 Å². The average Bonchev–Trinajstić information content (AvgIpc) is 2.25. The topological polar surface area (TPSA) is 12.0 Å². The predicted molar refractivity (Wildman–Crippen MR) is 75.4 cm³/mol. The second-order valence-corrected chi connectivity index (χ2v) is 8.90. The maximum Gasteiger partial charge on any atom is 0.0129 e. The van der Waals surface area contributed by atoms with Crippen LogP contribution in [0.25, 0.3) is 0 Å². The number of nitrogens with one attached hydrogen (secondary N) is 1. The summed E-state index contributed by atoms with van der Waals surface area (Å²) in [4.78, 5) is 0. The summed E-state index contributed by atoms with van der Waals surface area (Å²) in [6.07, 6.45) is 12.2. The third-order valence-corrected chi connectivity index (χ3v) is 6.77. The van der Waals surface area contributed by atoms with Gasteiger partial charge in [0.25, 0.3) is 0 Å². The molecule has 5 rings (SSSR count). The van der Waals surface area contributed by atoms with Gasteiger partial charge in [-0.3, -0.25) is 0 Å². The third-order valence-electron chi connectivity index (χ3n) is 6.77. The van der Waals surface area contributed by atoms with Crippen molar-refractivity contribution in [2.75, 3.05) is 6.54 Å². The second kappa shape index (κ2) is 3.75. The van der Waals surface area contributed by atoms with Gasteiger partial charge in [0.05, 0.1) is 0 Å². The normalized spacial score (nSPS) is 53.7. The minimum atomic E-state index is 0.583. The van der Waals surface area contributed by atoms with E-state index in [1.54, 1.807) is 38.5 Å². The maximum absolute atomic E-state index is 3.93. The smallest absolute Gasteiger partial charge is 0.0129 e. The van der Waals surface area contributed by atoms with E-state index in [9.17, 15) is 0 Å². The lowest BCUT2D eigenvalue weighted by molar-refractivity contribution is -0.0863. The van der Waals surface area contributed by atoms with E-state index in [1.165, 1.54) is 19.4 Å². The van der Waals surface area contributed by atoms with Crippen LogP contribution in [0.3, 0.4) is 0 Å². The third kappa shape index (κ3) is 1.77. The van der Waals surface area contributed by atoms with Crippen LogP contribution in [-0.4, -0.2) is 12.6 Å². The predicted octanol–water partition coefficient (Wildman–Crippen LogP) is 3.98. The molecule has 4 bridgehead atoms. The Morgan fingerprint density at radius 1 is 0.833 bits per heavy atom. The molecule has 0 spiro atoms. The quantitative estimate of drug-likeness (QED) is 0.739. The van der Waals surface area contributed by atoms with Gasteiger partial charge in [0.15, 0.2) is 0 Å². The maximum atomic E-state index is 3.93. The molecule has 1 N–H and O–H groups in total. The molecule has 102 valence electrons. The van der Waals surface area contributed by atoms with Crippen LogP contribution in [0.15, 0.2) is 0 Å². The number of hydrogen-bond acceptors (Lipinski definition) is 1. The highest BCUT2D eigenvalue weighted by molar-refractivity contribution is 5.07. The largest absolute Gasteiger partial charge is 0.313 e. The fraction of sp³-hybridized carbons (Fsp3) is 1.00. The molecular weight excluding hydrogens is 218 g/mol. The first-order valence-corrected chi connectivity index (χ1v) is 8.28. The summed E-state index contributed by atoms with van der Waals surface area (Å²) in [6.45, 7) is 6.24. The highest BCUT2D eigenvalue weighted by atomic mass is 15.0. The van der Waals surface area contributed by atoms with Crippen molar-refractivity contribution in [1.82, 2.24) is 5.32 Å². The Kier molecular flexibility index (Phi) is 2.45. The number of piperidine rings is 1. The molecule has 0 aromatic heterocycles. The molecule has 5 fully saturated rings. The van der Waals surface area contributed by atoms with Gasteiger partial charge in [0.1, 0.15) is 0 Å². The average molecular weight is 247 g/mol. The van der Waals surface area contributed by atoms with Gasteiger partial charge in [0, 0.05) is 6.04 Å². The molecule has 1 unspecified atom stereocenters.